The van der Waals surface area contributed by atoms with Crippen molar-refractivity contribution in [2.75, 3.05) is 11.1 Å². The first-order valence-corrected chi connectivity index (χ1v) is 19.1. The van der Waals surface area contributed by atoms with E-state index >= 15 is 0 Å². The molecule has 8 N–H and O–H groups in total. The predicted molar refractivity (Wildman–Crippen MR) is 210 cm³/mol. The number of aromatic hydroxyl groups is 2. The molecular weight excluding hydrogens is 783 g/mol. The van der Waals surface area contributed by atoms with E-state index in [4.69, 9.17) is 5.73 Å². The first kappa shape index (κ1) is 39.6. The Labute approximate surface area is 323 Å². The molecule has 6 rings (SSSR count). The molecule has 6 aromatic rings. The molecule has 6 aromatic carbocycles. The van der Waals surface area contributed by atoms with Crippen LogP contribution in [0.4, 0.5) is 45.5 Å². The lowest BCUT2D eigenvalue weighted by atomic mass is 10.1. The standard InChI is InChI=1S/C37H29N7O11S2/c38-30-13-10-27(17-36(30)57(53,54)55)39-26-9-12-29-23(15-26)6-14-31(37(29)47)41-43-33-16-24(20-45)32(19-34(33)46)42-40-25-7-2-21(3-8-25)1-4-22-5-11-28(44(48)49)18-35(22)56(50,51)52/h1-19,39,45-47H,20,38H2,(H,50,51,52)(H,53,54,55). The smallest absolute Gasteiger partial charge is 0.296 e. The van der Waals surface area contributed by atoms with Crippen LogP contribution < -0.4 is 11.1 Å². The minimum Gasteiger partial charge on any atom is -0.506 e. The zero-order valence-corrected chi connectivity index (χ0v) is 30.6. The molecule has 0 amide bonds. The van der Waals surface area contributed by atoms with Gasteiger partial charge in [-0.15, -0.1) is 10.2 Å². The number of nitro benzene ring substituents is 1. The van der Waals surface area contributed by atoms with Gasteiger partial charge in [0, 0.05) is 40.5 Å². The second kappa shape index (κ2) is 15.9. The number of fused-ring (bicyclic) bond motifs is 1. The number of nitro groups is 1. The largest absolute Gasteiger partial charge is 0.506 e. The molecule has 290 valence electrons. The molecule has 0 radical (unpaired) electrons. The summed E-state index contributed by atoms with van der Waals surface area (Å²) in [6.07, 6.45) is 2.89. The van der Waals surface area contributed by atoms with E-state index in [1.807, 2.05) is 0 Å². The third-order valence-corrected chi connectivity index (χ3v) is 10.1. The highest BCUT2D eigenvalue weighted by atomic mass is 32.2. The number of anilines is 3. The number of aliphatic hydroxyl groups is 1. The average Bonchev–Trinajstić information content (AvgIpc) is 3.16. The van der Waals surface area contributed by atoms with E-state index in [1.165, 1.54) is 54.6 Å². The van der Waals surface area contributed by atoms with Crippen molar-refractivity contribution in [1.82, 2.24) is 0 Å². The van der Waals surface area contributed by atoms with Crippen molar-refractivity contribution < 1.29 is 46.2 Å². The topological polar surface area (TPSA) is 300 Å². The Hall–Kier alpha value is -7.10. The zero-order chi connectivity index (χ0) is 41.1. The van der Waals surface area contributed by atoms with Gasteiger partial charge >= 0.3 is 0 Å². The quantitative estimate of drug-likeness (QED) is 0.0152. The fraction of sp³-hybridized carbons (Fsp3) is 0.0270. The number of nitrogens with two attached hydrogens (primary N) is 1. The number of phenolic OH excluding ortho intramolecular Hbond substituents is 2. The number of rotatable bonds is 12. The van der Waals surface area contributed by atoms with Crippen LogP contribution in [0.25, 0.3) is 22.9 Å². The van der Waals surface area contributed by atoms with E-state index in [0.29, 0.717) is 33.4 Å². The van der Waals surface area contributed by atoms with Gasteiger partial charge in [0.15, 0.2) is 5.75 Å². The Morgan fingerprint density at radius 1 is 0.702 bits per heavy atom. The van der Waals surface area contributed by atoms with Gasteiger partial charge in [-0.1, -0.05) is 30.4 Å². The number of phenols is 2. The minimum absolute atomic E-state index is 0.0305. The first-order valence-electron chi connectivity index (χ1n) is 16.2. The molecule has 0 saturated heterocycles. The van der Waals surface area contributed by atoms with Crippen molar-refractivity contribution in [3.05, 3.63) is 130 Å². The second-order valence-electron chi connectivity index (χ2n) is 12.1. The molecular formula is C37H29N7O11S2. The van der Waals surface area contributed by atoms with Crippen LogP contribution in [0.1, 0.15) is 16.7 Å². The molecule has 0 saturated carbocycles. The van der Waals surface area contributed by atoms with Crippen LogP contribution in [0.15, 0.2) is 133 Å². The van der Waals surface area contributed by atoms with Gasteiger partial charge in [0.25, 0.3) is 25.9 Å². The summed E-state index contributed by atoms with van der Waals surface area (Å²) < 4.78 is 65.8. The van der Waals surface area contributed by atoms with Gasteiger partial charge in [-0.05, 0) is 83.2 Å². The number of non-ortho nitro benzene ring substituents is 1. The van der Waals surface area contributed by atoms with Gasteiger partial charge in [0.1, 0.15) is 26.9 Å². The van der Waals surface area contributed by atoms with E-state index in [1.54, 1.807) is 48.5 Å². The van der Waals surface area contributed by atoms with Crippen LogP contribution in [-0.4, -0.2) is 46.2 Å². The van der Waals surface area contributed by atoms with Crippen LogP contribution >= 0.6 is 0 Å². The number of nitrogen functional groups attached to an aromatic ring is 1. The molecule has 0 aliphatic rings. The lowest BCUT2D eigenvalue weighted by molar-refractivity contribution is -0.385. The summed E-state index contributed by atoms with van der Waals surface area (Å²) in [4.78, 5) is 9.20. The lowest BCUT2D eigenvalue weighted by Crippen LogP contribution is -2.04. The van der Waals surface area contributed by atoms with Crippen LogP contribution in [-0.2, 0) is 26.8 Å². The predicted octanol–water partition coefficient (Wildman–Crippen LogP) is 8.47. The van der Waals surface area contributed by atoms with Gasteiger partial charge < -0.3 is 26.4 Å². The number of hydrogen-bond acceptors (Lipinski definition) is 15. The van der Waals surface area contributed by atoms with Crippen LogP contribution in [0.5, 0.6) is 11.5 Å². The van der Waals surface area contributed by atoms with E-state index < -0.39 is 47.2 Å². The van der Waals surface area contributed by atoms with E-state index in [2.05, 4.69) is 25.8 Å². The van der Waals surface area contributed by atoms with Gasteiger partial charge in [0.2, 0.25) is 0 Å². The maximum atomic E-state index is 11.8. The molecule has 0 aliphatic carbocycles. The van der Waals surface area contributed by atoms with Crippen LogP contribution in [0.3, 0.4) is 0 Å². The summed E-state index contributed by atoms with van der Waals surface area (Å²) in [5, 5.41) is 63.1. The van der Waals surface area contributed by atoms with Crippen LogP contribution in [0, 0.1) is 10.1 Å². The Morgan fingerprint density at radius 2 is 1.37 bits per heavy atom. The highest BCUT2D eigenvalue weighted by Gasteiger charge is 2.19. The number of aliphatic hydroxyl groups excluding tert-OH is 1. The first-order chi connectivity index (χ1) is 27.0. The van der Waals surface area contributed by atoms with E-state index in [-0.39, 0.29) is 45.4 Å². The Balaban J connectivity index is 1.16. The molecule has 0 fully saturated rings. The molecule has 0 spiro atoms. The Bertz CT molecular complexity index is 2880. The van der Waals surface area contributed by atoms with Crippen molar-refractivity contribution >= 4 is 88.7 Å². The molecule has 0 atom stereocenters. The third-order valence-electron chi connectivity index (χ3n) is 8.27. The highest BCUT2D eigenvalue weighted by molar-refractivity contribution is 7.86. The van der Waals surface area contributed by atoms with Crippen molar-refractivity contribution in [3.8, 4) is 11.5 Å². The van der Waals surface area contributed by atoms with Crippen molar-refractivity contribution in [3.63, 3.8) is 0 Å². The molecule has 0 aromatic heterocycles. The summed E-state index contributed by atoms with van der Waals surface area (Å²) >= 11 is 0. The molecule has 0 heterocycles. The van der Waals surface area contributed by atoms with Gasteiger partial charge in [-0.2, -0.15) is 27.1 Å². The number of azo groups is 2. The molecule has 57 heavy (non-hydrogen) atoms. The third kappa shape index (κ3) is 9.24. The number of benzene rings is 6. The average molecular weight is 812 g/mol. The molecule has 0 unspecified atom stereocenters. The Morgan fingerprint density at radius 3 is 2.05 bits per heavy atom. The zero-order valence-electron chi connectivity index (χ0n) is 29.0. The molecule has 0 bridgehead atoms. The summed E-state index contributed by atoms with van der Waals surface area (Å²) in [6.45, 7) is -0.500. The number of nitrogens with zero attached hydrogens (tertiary/aromatic N) is 5. The van der Waals surface area contributed by atoms with Crippen molar-refractivity contribution in [1.29, 1.82) is 0 Å². The summed E-state index contributed by atoms with van der Waals surface area (Å²) in [6, 6.07) is 24.2. The van der Waals surface area contributed by atoms with Crippen molar-refractivity contribution in [2.45, 2.75) is 16.4 Å². The fourth-order valence-corrected chi connectivity index (χ4v) is 6.77. The van der Waals surface area contributed by atoms with E-state index in [9.17, 15) is 51.4 Å². The summed E-state index contributed by atoms with van der Waals surface area (Å²) in [5.74, 6) is -0.566. The summed E-state index contributed by atoms with van der Waals surface area (Å²) in [5.41, 5.74) is 7.32. The van der Waals surface area contributed by atoms with Gasteiger partial charge in [-0.25, -0.2) is 0 Å². The molecule has 18 nitrogen and oxygen atoms in total. The fourth-order valence-electron chi connectivity index (χ4n) is 5.43. The number of nitrogens with one attached hydrogen (secondary N) is 1. The SMILES string of the molecule is Nc1ccc(Nc2ccc3c(O)c(N=Nc4cc(CO)c(N=Nc5ccc(C=Cc6ccc([N+](=O)[O-])cc6S(=O)(=O)O)cc5)cc4O)ccc3c2)cc1S(=O)(=O)O. The Kier molecular flexibility index (Phi) is 11.1. The van der Waals surface area contributed by atoms with Crippen molar-refractivity contribution in [2.24, 2.45) is 20.5 Å². The lowest BCUT2D eigenvalue weighted by Gasteiger charge is -2.11. The van der Waals surface area contributed by atoms with Crippen LogP contribution in [0.2, 0.25) is 0 Å². The van der Waals surface area contributed by atoms with Gasteiger partial charge in [0.05, 0.1) is 28.6 Å². The number of hydrogen-bond donors (Lipinski definition) is 7. The summed E-state index contributed by atoms with van der Waals surface area (Å²) in [7, 11) is -9.29. The molecule has 0 aliphatic heterocycles. The second-order valence-corrected chi connectivity index (χ2v) is 14.9. The van der Waals surface area contributed by atoms with Gasteiger partial charge in [-0.3, -0.25) is 19.2 Å². The highest BCUT2D eigenvalue weighted by Crippen LogP contribution is 2.40. The minimum atomic E-state index is -4.75. The normalized spacial score (nSPS) is 12.3. The maximum Gasteiger partial charge on any atom is 0.296 e. The molecule has 20 heteroatoms. The maximum absolute atomic E-state index is 11.8. The van der Waals surface area contributed by atoms with E-state index in [0.717, 1.165) is 12.1 Å². The monoisotopic (exact) mass is 811 g/mol.